The number of rotatable bonds is 6. The van der Waals surface area contributed by atoms with E-state index in [1.54, 1.807) is 29.5 Å². The lowest BCUT2D eigenvalue weighted by atomic mass is 9.95. The molecule has 0 aliphatic heterocycles. The molecule has 0 amide bonds. The summed E-state index contributed by atoms with van der Waals surface area (Å²) in [6, 6.07) is 2.97. The third kappa shape index (κ3) is 5.30. The van der Waals surface area contributed by atoms with Crippen molar-refractivity contribution in [3.63, 3.8) is 0 Å². The number of aromatic nitrogens is 4. The van der Waals surface area contributed by atoms with Crippen molar-refractivity contribution in [2.75, 3.05) is 0 Å². The molecule has 0 aromatic carbocycles. The Kier molecular flexibility index (Phi) is 5.23. The van der Waals surface area contributed by atoms with Gasteiger partial charge in [-0.05, 0) is 23.1 Å². The van der Waals surface area contributed by atoms with Crippen LogP contribution in [-0.2, 0) is 11.3 Å². The normalized spacial score (nSPS) is 13.3. The Morgan fingerprint density at radius 2 is 2.09 bits per heavy atom. The summed E-state index contributed by atoms with van der Waals surface area (Å²) in [5, 5.41) is 19.8. The van der Waals surface area contributed by atoms with Gasteiger partial charge >= 0.3 is 5.97 Å². The van der Waals surface area contributed by atoms with Gasteiger partial charge in [-0.15, -0.1) is 10.2 Å². The van der Waals surface area contributed by atoms with Gasteiger partial charge in [0.25, 0.3) is 0 Å². The van der Waals surface area contributed by atoms with Crippen LogP contribution in [0.2, 0.25) is 0 Å². The summed E-state index contributed by atoms with van der Waals surface area (Å²) in [6.07, 6.45) is 8.38. The lowest BCUT2D eigenvalue weighted by molar-refractivity contribution is -0.138. The maximum Gasteiger partial charge on any atom is 0.324 e. The Morgan fingerprint density at radius 3 is 2.70 bits per heavy atom. The van der Waals surface area contributed by atoms with E-state index in [9.17, 15) is 9.90 Å². The number of carboxylic acids is 1. The quantitative estimate of drug-likeness (QED) is 0.790. The lowest BCUT2D eigenvalue weighted by Crippen LogP contribution is -2.34. The minimum atomic E-state index is -0.904. The average molecular weight is 315 g/mol. The topological polar surface area (TPSA) is 92.9 Å². The highest BCUT2D eigenvalue weighted by molar-refractivity contribution is 5.75. The van der Waals surface area contributed by atoms with Gasteiger partial charge in [0.05, 0.1) is 0 Å². The van der Waals surface area contributed by atoms with Crippen LogP contribution in [0.5, 0.6) is 0 Å². The molecule has 2 aromatic rings. The van der Waals surface area contributed by atoms with Gasteiger partial charge in [0, 0.05) is 12.7 Å². The zero-order chi connectivity index (χ0) is 16.9. The fourth-order valence-electron chi connectivity index (χ4n) is 1.88. The summed E-state index contributed by atoms with van der Waals surface area (Å²) in [4.78, 5) is 15.6. The largest absolute Gasteiger partial charge is 0.480 e. The lowest BCUT2D eigenvalue weighted by Gasteiger charge is -2.15. The average Bonchev–Trinajstić information content (AvgIpc) is 3.00. The van der Waals surface area contributed by atoms with Gasteiger partial charge in [-0.2, -0.15) is 0 Å². The van der Waals surface area contributed by atoms with Crippen molar-refractivity contribution in [1.29, 1.82) is 0 Å². The Balaban J connectivity index is 2.05. The molecule has 2 N–H and O–H groups in total. The molecule has 0 aliphatic carbocycles. The Hall–Kier alpha value is -2.54. The summed E-state index contributed by atoms with van der Waals surface area (Å²) in [7, 11) is 0. The molecule has 0 bridgehead atoms. The van der Waals surface area contributed by atoms with Gasteiger partial charge in [-0.1, -0.05) is 32.9 Å². The minimum Gasteiger partial charge on any atom is -0.480 e. The van der Waals surface area contributed by atoms with E-state index >= 15 is 0 Å². The third-order valence-corrected chi connectivity index (χ3v) is 3.07. The number of pyridine rings is 1. The van der Waals surface area contributed by atoms with E-state index in [2.05, 4.69) is 20.5 Å². The third-order valence-electron chi connectivity index (χ3n) is 3.07. The van der Waals surface area contributed by atoms with E-state index in [1.807, 2.05) is 39.0 Å². The van der Waals surface area contributed by atoms with Gasteiger partial charge in [0.15, 0.2) is 0 Å². The molecule has 1 atom stereocenters. The number of nitrogens with zero attached hydrogens (tertiary/aromatic N) is 4. The second-order valence-electron chi connectivity index (χ2n) is 6.31. The van der Waals surface area contributed by atoms with E-state index < -0.39 is 12.0 Å². The molecular formula is C16H21N5O2. The molecule has 122 valence electrons. The van der Waals surface area contributed by atoms with E-state index in [-0.39, 0.29) is 5.41 Å². The smallest absolute Gasteiger partial charge is 0.324 e. The number of allylic oxidation sites excluding steroid dienone is 1. The molecule has 0 saturated heterocycles. The van der Waals surface area contributed by atoms with Gasteiger partial charge in [0.2, 0.25) is 0 Å². The summed E-state index contributed by atoms with van der Waals surface area (Å²) in [5.74, 6) is -0.218. The van der Waals surface area contributed by atoms with Crippen LogP contribution in [0.1, 0.15) is 26.3 Å². The van der Waals surface area contributed by atoms with E-state index in [0.29, 0.717) is 12.4 Å². The summed E-state index contributed by atoms with van der Waals surface area (Å²) < 4.78 is 1.69. The van der Waals surface area contributed by atoms with Crippen LogP contribution in [0.15, 0.2) is 43.1 Å². The number of carboxylic acid groups (broad SMARTS) is 1. The summed E-state index contributed by atoms with van der Waals surface area (Å²) in [5.41, 5.74) is 0.868. The Morgan fingerprint density at radius 1 is 1.39 bits per heavy atom. The van der Waals surface area contributed by atoms with Crippen LogP contribution in [-0.4, -0.2) is 36.9 Å². The van der Waals surface area contributed by atoms with Crippen LogP contribution in [0, 0.1) is 5.41 Å². The molecule has 2 aromatic heterocycles. The van der Waals surface area contributed by atoms with Crippen molar-refractivity contribution < 1.29 is 9.90 Å². The standard InChI is InChI=1S/C16H21N5O2/c1-16(2,3)6-4-13(15(22)23)18-9-12-5-7-17-14(8-12)21-10-19-20-11-21/h4-8,10-11,13,18H,9H2,1-3H3,(H,22,23)/b6-4+. The maximum absolute atomic E-state index is 11.3. The second-order valence-corrected chi connectivity index (χ2v) is 6.31. The molecule has 0 saturated carbocycles. The Bertz CT molecular complexity index is 674. The van der Waals surface area contributed by atoms with E-state index in [1.165, 1.54) is 0 Å². The number of aliphatic carboxylic acids is 1. The molecular weight excluding hydrogens is 294 g/mol. The van der Waals surface area contributed by atoms with Crippen molar-refractivity contribution in [3.05, 3.63) is 48.7 Å². The zero-order valence-corrected chi connectivity index (χ0v) is 13.5. The highest BCUT2D eigenvalue weighted by atomic mass is 16.4. The first-order valence-electron chi connectivity index (χ1n) is 7.31. The first kappa shape index (κ1) is 16.8. The molecule has 0 radical (unpaired) electrons. The van der Waals surface area contributed by atoms with Crippen molar-refractivity contribution in [1.82, 2.24) is 25.1 Å². The zero-order valence-electron chi connectivity index (χ0n) is 13.5. The van der Waals surface area contributed by atoms with Crippen LogP contribution in [0.4, 0.5) is 0 Å². The number of hydrogen-bond donors (Lipinski definition) is 2. The van der Waals surface area contributed by atoms with Gasteiger partial charge in [0.1, 0.15) is 24.5 Å². The predicted molar refractivity (Wildman–Crippen MR) is 86.0 cm³/mol. The molecule has 0 fully saturated rings. The molecule has 7 nitrogen and oxygen atoms in total. The molecule has 0 spiro atoms. The number of nitrogens with one attached hydrogen (secondary N) is 1. The van der Waals surface area contributed by atoms with Crippen molar-refractivity contribution in [2.45, 2.75) is 33.4 Å². The van der Waals surface area contributed by atoms with Crippen LogP contribution >= 0.6 is 0 Å². The van der Waals surface area contributed by atoms with Crippen LogP contribution in [0.3, 0.4) is 0 Å². The fraction of sp³-hybridized carbons (Fsp3) is 0.375. The molecule has 2 heterocycles. The van der Waals surface area contributed by atoms with E-state index in [4.69, 9.17) is 0 Å². The van der Waals surface area contributed by atoms with Gasteiger partial charge in [-0.3, -0.25) is 14.7 Å². The Labute approximate surface area is 135 Å². The molecule has 0 aliphatic rings. The summed E-state index contributed by atoms with van der Waals surface area (Å²) >= 11 is 0. The first-order chi connectivity index (χ1) is 10.8. The fourth-order valence-corrected chi connectivity index (χ4v) is 1.88. The first-order valence-corrected chi connectivity index (χ1v) is 7.31. The highest BCUT2D eigenvalue weighted by Gasteiger charge is 2.15. The van der Waals surface area contributed by atoms with Gasteiger partial charge < -0.3 is 5.11 Å². The monoisotopic (exact) mass is 315 g/mol. The molecule has 2 rings (SSSR count). The summed E-state index contributed by atoms with van der Waals surface area (Å²) in [6.45, 7) is 6.49. The molecule has 23 heavy (non-hydrogen) atoms. The minimum absolute atomic E-state index is 0.0619. The van der Waals surface area contributed by atoms with Gasteiger partial charge in [-0.25, -0.2) is 4.98 Å². The predicted octanol–water partition coefficient (Wildman–Crippen LogP) is 1.81. The molecule has 7 heteroatoms. The second kappa shape index (κ2) is 7.15. The maximum atomic E-state index is 11.3. The van der Waals surface area contributed by atoms with Crippen LogP contribution < -0.4 is 5.32 Å². The van der Waals surface area contributed by atoms with Crippen molar-refractivity contribution in [3.8, 4) is 5.82 Å². The van der Waals surface area contributed by atoms with Crippen molar-refractivity contribution in [2.24, 2.45) is 5.41 Å². The number of carbonyl (C=O) groups is 1. The molecule has 1 unspecified atom stereocenters. The SMILES string of the molecule is CC(C)(C)/C=C/C(NCc1ccnc(-n2cnnc2)c1)C(=O)O. The number of hydrogen-bond acceptors (Lipinski definition) is 5. The van der Waals surface area contributed by atoms with E-state index in [0.717, 1.165) is 5.56 Å². The highest BCUT2D eigenvalue weighted by Crippen LogP contribution is 2.15. The van der Waals surface area contributed by atoms with Crippen molar-refractivity contribution >= 4 is 5.97 Å². The van der Waals surface area contributed by atoms with Crippen LogP contribution in [0.25, 0.3) is 5.82 Å².